The molecule has 27 heavy (non-hydrogen) atoms. The van der Waals surface area contributed by atoms with Crippen molar-refractivity contribution in [2.24, 2.45) is 23.2 Å². The van der Waals surface area contributed by atoms with Crippen molar-refractivity contribution in [3.8, 4) is 0 Å². The van der Waals surface area contributed by atoms with Crippen LogP contribution in [-0.2, 0) is 9.53 Å². The Kier molecular flexibility index (Phi) is 4.77. The molecule has 1 aromatic carbocycles. The van der Waals surface area contributed by atoms with Gasteiger partial charge < -0.3 is 10.1 Å². The van der Waals surface area contributed by atoms with Gasteiger partial charge in [-0.25, -0.2) is 4.79 Å². The first-order valence-electron chi connectivity index (χ1n) is 10.4. The van der Waals surface area contributed by atoms with Crippen LogP contribution in [-0.4, -0.2) is 24.5 Å². The molecule has 0 saturated heterocycles. The summed E-state index contributed by atoms with van der Waals surface area (Å²) in [6, 6.07) is 5.76. The topological polar surface area (TPSA) is 55.4 Å². The summed E-state index contributed by atoms with van der Waals surface area (Å²) >= 11 is 0. The van der Waals surface area contributed by atoms with Gasteiger partial charge in [0.05, 0.1) is 5.56 Å². The van der Waals surface area contributed by atoms with Crippen molar-refractivity contribution in [2.75, 3.05) is 6.61 Å². The van der Waals surface area contributed by atoms with Gasteiger partial charge >= 0.3 is 5.97 Å². The largest absolute Gasteiger partial charge is 0.452 e. The molecule has 5 rings (SSSR count). The Morgan fingerprint density at radius 1 is 1.11 bits per heavy atom. The van der Waals surface area contributed by atoms with Gasteiger partial charge in [-0.3, -0.25) is 4.79 Å². The lowest BCUT2D eigenvalue weighted by Gasteiger charge is -2.59. The smallest absolute Gasteiger partial charge is 0.338 e. The molecule has 0 unspecified atom stereocenters. The van der Waals surface area contributed by atoms with E-state index in [1.807, 2.05) is 26.0 Å². The molecule has 4 aliphatic rings. The maximum Gasteiger partial charge on any atom is 0.338 e. The predicted molar refractivity (Wildman–Crippen MR) is 104 cm³/mol. The van der Waals surface area contributed by atoms with Crippen LogP contribution in [0.4, 0.5) is 0 Å². The van der Waals surface area contributed by atoms with Crippen LogP contribution >= 0.6 is 0 Å². The zero-order valence-corrected chi connectivity index (χ0v) is 16.7. The second-order valence-electron chi connectivity index (χ2n) is 9.46. The summed E-state index contributed by atoms with van der Waals surface area (Å²) in [5.41, 5.74) is 2.78. The van der Waals surface area contributed by atoms with E-state index in [9.17, 15) is 9.59 Å². The molecule has 4 fully saturated rings. The van der Waals surface area contributed by atoms with Gasteiger partial charge in [-0.15, -0.1) is 0 Å². The lowest BCUT2D eigenvalue weighted by molar-refractivity contribution is -0.128. The highest BCUT2D eigenvalue weighted by molar-refractivity contribution is 5.92. The van der Waals surface area contributed by atoms with Gasteiger partial charge in [-0.05, 0) is 94.1 Å². The molecule has 0 aliphatic heterocycles. The van der Waals surface area contributed by atoms with E-state index >= 15 is 0 Å². The Bertz CT molecular complexity index is 719. The lowest BCUT2D eigenvalue weighted by Crippen LogP contribution is -2.56. The molecule has 1 amide bonds. The number of rotatable bonds is 5. The molecule has 1 N–H and O–H groups in total. The Balaban J connectivity index is 1.32. The third kappa shape index (κ3) is 3.63. The summed E-state index contributed by atoms with van der Waals surface area (Å²) in [6.07, 6.45) is 7.95. The number of carbonyl (C=O) groups excluding carboxylic acids is 2. The van der Waals surface area contributed by atoms with Crippen molar-refractivity contribution in [3.05, 3.63) is 34.9 Å². The van der Waals surface area contributed by atoms with Crippen LogP contribution in [0.2, 0.25) is 0 Å². The summed E-state index contributed by atoms with van der Waals surface area (Å²) in [6.45, 7) is 5.82. The zero-order chi connectivity index (χ0) is 19.2. The molecule has 4 saturated carbocycles. The van der Waals surface area contributed by atoms with Crippen LogP contribution in [0.25, 0.3) is 0 Å². The standard InChI is InChI=1S/C23H31NO3/c1-14-4-5-20(15(2)6-14)22(26)27-13-21(25)24-16(3)23-10-17-7-18(11-23)9-19(8-17)12-23/h4-6,16-19H,7-13H2,1-3H3,(H,24,25)/t16-,17?,18?,19?,23?/m1/s1. The van der Waals surface area contributed by atoms with E-state index in [-0.39, 0.29) is 24.0 Å². The van der Waals surface area contributed by atoms with Crippen molar-refractivity contribution < 1.29 is 14.3 Å². The van der Waals surface area contributed by atoms with E-state index in [2.05, 4.69) is 12.2 Å². The number of hydrogen-bond acceptors (Lipinski definition) is 3. The fourth-order valence-corrected chi connectivity index (χ4v) is 6.40. The number of aryl methyl sites for hydroxylation is 2. The van der Waals surface area contributed by atoms with Gasteiger partial charge in [0.1, 0.15) is 0 Å². The lowest BCUT2D eigenvalue weighted by atomic mass is 9.48. The van der Waals surface area contributed by atoms with Crippen molar-refractivity contribution in [3.63, 3.8) is 0 Å². The molecule has 146 valence electrons. The number of nitrogens with one attached hydrogen (secondary N) is 1. The minimum absolute atomic E-state index is 0.151. The molecule has 4 heteroatoms. The monoisotopic (exact) mass is 369 g/mol. The Labute approximate surface area is 162 Å². The molecule has 4 aliphatic carbocycles. The van der Waals surface area contributed by atoms with Crippen LogP contribution in [0.15, 0.2) is 18.2 Å². The Morgan fingerprint density at radius 2 is 1.70 bits per heavy atom. The van der Waals surface area contributed by atoms with Crippen molar-refractivity contribution in [2.45, 2.75) is 65.3 Å². The van der Waals surface area contributed by atoms with E-state index in [4.69, 9.17) is 4.74 Å². The highest BCUT2D eigenvalue weighted by Crippen LogP contribution is 2.61. The summed E-state index contributed by atoms with van der Waals surface area (Å²) in [5.74, 6) is 1.97. The van der Waals surface area contributed by atoms with Crippen molar-refractivity contribution >= 4 is 11.9 Å². The van der Waals surface area contributed by atoms with E-state index in [0.717, 1.165) is 28.9 Å². The van der Waals surface area contributed by atoms with Gasteiger partial charge in [0.2, 0.25) is 0 Å². The molecular formula is C23H31NO3. The molecule has 1 atom stereocenters. The molecule has 0 heterocycles. The fraction of sp³-hybridized carbons (Fsp3) is 0.652. The van der Waals surface area contributed by atoms with Gasteiger partial charge in [0.15, 0.2) is 6.61 Å². The van der Waals surface area contributed by atoms with Crippen LogP contribution in [0.3, 0.4) is 0 Å². The summed E-state index contributed by atoms with van der Waals surface area (Å²) in [5, 5.41) is 3.15. The van der Waals surface area contributed by atoms with Gasteiger partial charge in [-0.2, -0.15) is 0 Å². The first-order chi connectivity index (χ1) is 12.8. The van der Waals surface area contributed by atoms with Crippen molar-refractivity contribution in [1.82, 2.24) is 5.32 Å². The first kappa shape index (κ1) is 18.5. The second kappa shape index (κ2) is 6.96. The molecule has 0 aromatic heterocycles. The average Bonchev–Trinajstić information content (AvgIpc) is 2.58. The zero-order valence-electron chi connectivity index (χ0n) is 16.7. The van der Waals surface area contributed by atoms with Crippen LogP contribution in [0, 0.1) is 37.0 Å². The molecule has 0 spiro atoms. The highest BCUT2D eigenvalue weighted by atomic mass is 16.5. The number of ether oxygens (including phenoxy) is 1. The van der Waals surface area contributed by atoms with E-state index in [1.54, 1.807) is 6.07 Å². The van der Waals surface area contributed by atoms with Crippen molar-refractivity contribution in [1.29, 1.82) is 0 Å². The Hall–Kier alpha value is -1.84. The highest BCUT2D eigenvalue weighted by Gasteiger charge is 2.53. The SMILES string of the molecule is Cc1ccc(C(=O)OCC(=O)N[C@H](C)C23CC4CC(CC(C4)C2)C3)c(C)c1. The summed E-state index contributed by atoms with van der Waals surface area (Å²) < 4.78 is 5.28. The number of amides is 1. The number of benzene rings is 1. The van der Waals surface area contributed by atoms with Gasteiger partial charge in [0, 0.05) is 6.04 Å². The molecule has 1 aromatic rings. The number of hydrogen-bond donors (Lipinski definition) is 1. The minimum Gasteiger partial charge on any atom is -0.452 e. The maximum absolute atomic E-state index is 12.4. The molecule has 4 nitrogen and oxygen atoms in total. The molecule has 4 bridgehead atoms. The second-order valence-corrected chi connectivity index (χ2v) is 9.46. The molecular weight excluding hydrogens is 338 g/mol. The number of esters is 1. The Morgan fingerprint density at radius 3 is 2.26 bits per heavy atom. The average molecular weight is 370 g/mol. The van der Waals surface area contributed by atoms with Crippen LogP contribution in [0.5, 0.6) is 0 Å². The summed E-state index contributed by atoms with van der Waals surface area (Å²) in [4.78, 5) is 24.7. The summed E-state index contributed by atoms with van der Waals surface area (Å²) in [7, 11) is 0. The normalized spacial score (nSPS) is 32.2. The quantitative estimate of drug-likeness (QED) is 0.792. The molecule has 0 radical (unpaired) electrons. The van der Waals surface area contributed by atoms with E-state index in [1.165, 1.54) is 38.5 Å². The predicted octanol–water partition coefficient (Wildman–Crippen LogP) is 4.18. The third-order valence-electron chi connectivity index (χ3n) is 7.32. The van der Waals surface area contributed by atoms with Crippen LogP contribution in [0.1, 0.15) is 66.9 Å². The fourth-order valence-electron chi connectivity index (χ4n) is 6.40. The van der Waals surface area contributed by atoms with Gasteiger partial charge in [0.25, 0.3) is 5.91 Å². The van der Waals surface area contributed by atoms with E-state index < -0.39 is 5.97 Å². The third-order valence-corrected chi connectivity index (χ3v) is 7.32. The number of carbonyl (C=O) groups is 2. The van der Waals surface area contributed by atoms with E-state index in [0.29, 0.717) is 5.56 Å². The first-order valence-corrected chi connectivity index (χ1v) is 10.4. The van der Waals surface area contributed by atoms with Crippen LogP contribution < -0.4 is 5.32 Å². The van der Waals surface area contributed by atoms with Gasteiger partial charge in [-0.1, -0.05) is 17.7 Å². The minimum atomic E-state index is -0.426. The maximum atomic E-state index is 12.4.